The van der Waals surface area contributed by atoms with Gasteiger partial charge in [-0.2, -0.15) is 0 Å². The molecule has 1 aromatic rings. The summed E-state index contributed by atoms with van der Waals surface area (Å²) in [6, 6.07) is 8.10. The van der Waals surface area contributed by atoms with Crippen LogP contribution in [0.3, 0.4) is 0 Å². The molecule has 1 fully saturated rings. The lowest BCUT2D eigenvalue weighted by Crippen LogP contribution is -2.52. The van der Waals surface area contributed by atoms with Crippen molar-refractivity contribution in [2.45, 2.75) is 45.6 Å². The van der Waals surface area contributed by atoms with Crippen LogP contribution in [0.25, 0.3) is 0 Å². The molecular formula is C17H25NO2. The number of rotatable bonds is 3. The molecule has 110 valence electrons. The van der Waals surface area contributed by atoms with E-state index in [9.17, 15) is 4.79 Å². The van der Waals surface area contributed by atoms with Gasteiger partial charge in [-0.05, 0) is 49.7 Å². The molecule has 1 aliphatic rings. The van der Waals surface area contributed by atoms with Gasteiger partial charge in [-0.15, -0.1) is 0 Å². The van der Waals surface area contributed by atoms with Gasteiger partial charge in [0.05, 0.1) is 7.11 Å². The summed E-state index contributed by atoms with van der Waals surface area (Å²) >= 11 is 0. The van der Waals surface area contributed by atoms with E-state index >= 15 is 0 Å². The Morgan fingerprint density at radius 1 is 1.25 bits per heavy atom. The SMILES string of the molecule is COC(=O)C1(Nc2ccccc2C)CC(C)CC(C)C1. The van der Waals surface area contributed by atoms with E-state index in [-0.39, 0.29) is 5.97 Å². The van der Waals surface area contributed by atoms with E-state index in [1.807, 2.05) is 18.2 Å². The van der Waals surface area contributed by atoms with E-state index in [1.54, 1.807) is 0 Å². The van der Waals surface area contributed by atoms with Crippen LogP contribution in [0.15, 0.2) is 24.3 Å². The number of para-hydroxylation sites is 1. The fourth-order valence-electron chi connectivity index (χ4n) is 3.61. The highest BCUT2D eigenvalue weighted by molar-refractivity contribution is 5.85. The maximum absolute atomic E-state index is 12.4. The summed E-state index contributed by atoms with van der Waals surface area (Å²) in [5, 5.41) is 3.50. The van der Waals surface area contributed by atoms with E-state index in [0.717, 1.165) is 24.1 Å². The van der Waals surface area contributed by atoms with Crippen LogP contribution in [0.5, 0.6) is 0 Å². The molecule has 2 rings (SSSR count). The van der Waals surface area contributed by atoms with E-state index in [1.165, 1.54) is 13.5 Å². The smallest absolute Gasteiger partial charge is 0.331 e. The minimum absolute atomic E-state index is 0.140. The van der Waals surface area contributed by atoms with Crippen LogP contribution in [-0.2, 0) is 9.53 Å². The molecule has 1 aliphatic carbocycles. The van der Waals surface area contributed by atoms with Crippen molar-refractivity contribution in [2.24, 2.45) is 11.8 Å². The Morgan fingerprint density at radius 2 is 1.85 bits per heavy atom. The van der Waals surface area contributed by atoms with Crippen molar-refractivity contribution >= 4 is 11.7 Å². The molecule has 0 heterocycles. The minimum atomic E-state index is -0.585. The molecule has 1 N–H and O–H groups in total. The molecule has 0 aliphatic heterocycles. The number of methoxy groups -OCH3 is 1. The van der Waals surface area contributed by atoms with E-state index in [0.29, 0.717) is 11.8 Å². The molecule has 0 aromatic heterocycles. The van der Waals surface area contributed by atoms with Crippen LogP contribution < -0.4 is 5.32 Å². The first kappa shape index (κ1) is 14.9. The molecule has 2 unspecified atom stereocenters. The van der Waals surface area contributed by atoms with Crippen LogP contribution in [0.2, 0.25) is 0 Å². The van der Waals surface area contributed by atoms with Gasteiger partial charge in [-0.1, -0.05) is 32.0 Å². The first-order valence-corrected chi connectivity index (χ1v) is 7.39. The number of hydrogen-bond acceptors (Lipinski definition) is 3. The second-order valence-electron chi connectivity index (χ2n) is 6.37. The molecule has 0 saturated heterocycles. The maximum Gasteiger partial charge on any atom is 0.331 e. The van der Waals surface area contributed by atoms with E-state index in [2.05, 4.69) is 32.2 Å². The predicted molar refractivity (Wildman–Crippen MR) is 81.7 cm³/mol. The van der Waals surface area contributed by atoms with Crippen LogP contribution in [-0.4, -0.2) is 18.6 Å². The zero-order chi connectivity index (χ0) is 14.8. The topological polar surface area (TPSA) is 38.3 Å². The summed E-state index contributed by atoms with van der Waals surface area (Å²) in [6.07, 6.45) is 2.84. The number of carbonyl (C=O) groups excluding carboxylic acids is 1. The quantitative estimate of drug-likeness (QED) is 0.853. The standard InChI is InChI=1S/C17H25NO2/c1-12-9-13(2)11-17(10-12,16(19)20-4)18-15-8-6-5-7-14(15)3/h5-8,12-13,18H,9-11H2,1-4H3. The van der Waals surface area contributed by atoms with Gasteiger partial charge in [-0.3, -0.25) is 0 Å². The number of anilines is 1. The molecule has 0 spiro atoms. The molecule has 3 heteroatoms. The van der Waals surface area contributed by atoms with Crippen molar-refractivity contribution in [3.8, 4) is 0 Å². The third-order valence-electron chi connectivity index (χ3n) is 4.29. The second kappa shape index (κ2) is 5.86. The third kappa shape index (κ3) is 2.97. The molecule has 0 radical (unpaired) electrons. The highest BCUT2D eigenvalue weighted by atomic mass is 16.5. The lowest BCUT2D eigenvalue weighted by Gasteiger charge is -2.42. The van der Waals surface area contributed by atoms with Crippen molar-refractivity contribution in [2.75, 3.05) is 12.4 Å². The molecule has 1 aromatic carbocycles. The number of benzene rings is 1. The molecule has 3 nitrogen and oxygen atoms in total. The van der Waals surface area contributed by atoms with Crippen molar-refractivity contribution < 1.29 is 9.53 Å². The highest BCUT2D eigenvalue weighted by Crippen LogP contribution is 2.39. The minimum Gasteiger partial charge on any atom is -0.467 e. The predicted octanol–water partition coefficient (Wildman–Crippen LogP) is 3.77. The summed E-state index contributed by atoms with van der Waals surface area (Å²) in [6.45, 7) is 6.49. The first-order chi connectivity index (χ1) is 9.47. The number of nitrogens with one attached hydrogen (secondary N) is 1. The van der Waals surface area contributed by atoms with Crippen molar-refractivity contribution in [3.63, 3.8) is 0 Å². The molecular weight excluding hydrogens is 250 g/mol. The molecule has 1 saturated carbocycles. The van der Waals surface area contributed by atoms with Crippen LogP contribution in [0, 0.1) is 18.8 Å². The summed E-state index contributed by atoms with van der Waals surface area (Å²) in [4.78, 5) is 12.4. The molecule has 0 bridgehead atoms. The Bertz CT molecular complexity index is 474. The van der Waals surface area contributed by atoms with Crippen molar-refractivity contribution in [1.82, 2.24) is 0 Å². The number of carbonyl (C=O) groups is 1. The third-order valence-corrected chi connectivity index (χ3v) is 4.29. The Hall–Kier alpha value is -1.51. The average Bonchev–Trinajstić information content (AvgIpc) is 2.39. The zero-order valence-corrected chi connectivity index (χ0v) is 12.9. The summed E-state index contributed by atoms with van der Waals surface area (Å²) in [7, 11) is 1.48. The number of hydrogen-bond donors (Lipinski definition) is 1. The second-order valence-corrected chi connectivity index (χ2v) is 6.37. The number of aryl methyl sites for hydroxylation is 1. The Labute approximate surface area is 121 Å². The monoisotopic (exact) mass is 275 g/mol. The lowest BCUT2D eigenvalue weighted by atomic mass is 9.71. The van der Waals surface area contributed by atoms with Gasteiger partial charge in [0, 0.05) is 5.69 Å². The van der Waals surface area contributed by atoms with Crippen LogP contribution in [0.1, 0.15) is 38.7 Å². The lowest BCUT2D eigenvalue weighted by molar-refractivity contribution is -0.148. The zero-order valence-electron chi connectivity index (χ0n) is 12.9. The largest absolute Gasteiger partial charge is 0.467 e. The average molecular weight is 275 g/mol. The molecule has 0 amide bonds. The maximum atomic E-state index is 12.4. The number of ether oxygens (including phenoxy) is 1. The van der Waals surface area contributed by atoms with Gasteiger partial charge < -0.3 is 10.1 Å². The van der Waals surface area contributed by atoms with Gasteiger partial charge >= 0.3 is 5.97 Å². The normalized spacial score (nSPS) is 29.8. The summed E-state index contributed by atoms with van der Waals surface area (Å²) < 4.78 is 5.10. The van der Waals surface area contributed by atoms with Gasteiger partial charge in [0.2, 0.25) is 0 Å². The van der Waals surface area contributed by atoms with Crippen LogP contribution >= 0.6 is 0 Å². The summed E-state index contributed by atoms with van der Waals surface area (Å²) in [5.41, 5.74) is 1.60. The fourth-order valence-corrected chi connectivity index (χ4v) is 3.61. The Balaban J connectivity index is 2.33. The van der Waals surface area contributed by atoms with Crippen molar-refractivity contribution in [3.05, 3.63) is 29.8 Å². The summed E-state index contributed by atoms with van der Waals surface area (Å²) in [5.74, 6) is 0.905. The van der Waals surface area contributed by atoms with E-state index < -0.39 is 5.54 Å². The Morgan fingerprint density at radius 3 is 2.40 bits per heavy atom. The van der Waals surface area contributed by atoms with Gasteiger partial charge in [-0.25, -0.2) is 4.79 Å². The number of esters is 1. The van der Waals surface area contributed by atoms with E-state index in [4.69, 9.17) is 4.74 Å². The first-order valence-electron chi connectivity index (χ1n) is 7.39. The van der Waals surface area contributed by atoms with Gasteiger partial charge in [0.1, 0.15) is 5.54 Å². The molecule has 20 heavy (non-hydrogen) atoms. The fraction of sp³-hybridized carbons (Fsp3) is 0.588. The Kier molecular flexibility index (Phi) is 4.36. The van der Waals surface area contributed by atoms with Gasteiger partial charge in [0.25, 0.3) is 0 Å². The highest BCUT2D eigenvalue weighted by Gasteiger charge is 2.45. The van der Waals surface area contributed by atoms with Gasteiger partial charge in [0.15, 0.2) is 0 Å². The van der Waals surface area contributed by atoms with Crippen molar-refractivity contribution in [1.29, 1.82) is 0 Å². The molecule has 2 atom stereocenters. The van der Waals surface area contributed by atoms with Crippen LogP contribution in [0.4, 0.5) is 5.69 Å².